The summed E-state index contributed by atoms with van der Waals surface area (Å²) in [5.74, 6) is 0.763. The lowest BCUT2D eigenvalue weighted by molar-refractivity contribution is 0.122. The highest BCUT2D eigenvalue weighted by Gasteiger charge is 2.30. The van der Waals surface area contributed by atoms with E-state index in [9.17, 15) is 8.42 Å². The smallest absolute Gasteiger partial charge is 0.241 e. The van der Waals surface area contributed by atoms with Crippen LogP contribution >= 0.6 is 11.6 Å². The van der Waals surface area contributed by atoms with Crippen LogP contribution in [-0.4, -0.2) is 67.0 Å². The summed E-state index contributed by atoms with van der Waals surface area (Å²) in [6, 6.07) is 5.55. The van der Waals surface area contributed by atoms with Gasteiger partial charge in [0.15, 0.2) is 0 Å². The minimum absolute atomic E-state index is 0.153. The zero-order chi connectivity index (χ0) is 20.0. The van der Waals surface area contributed by atoms with Gasteiger partial charge in [0.1, 0.15) is 5.82 Å². The number of nitrogens with zero attached hydrogens (tertiary/aromatic N) is 4. The molecular weight excluding hydrogens is 414 g/mol. The number of rotatable bonds is 3. The summed E-state index contributed by atoms with van der Waals surface area (Å²) in [6.07, 6.45) is 2.86. The van der Waals surface area contributed by atoms with Crippen LogP contribution < -0.4 is 10.2 Å². The minimum atomic E-state index is -3.48. The van der Waals surface area contributed by atoms with Crippen molar-refractivity contribution in [2.24, 2.45) is 0 Å². The summed E-state index contributed by atoms with van der Waals surface area (Å²) < 4.78 is 33.3. The van der Waals surface area contributed by atoms with Crippen molar-refractivity contribution in [2.75, 3.05) is 44.3 Å². The Hall–Kier alpha value is -1.94. The van der Waals surface area contributed by atoms with Gasteiger partial charge in [0, 0.05) is 30.1 Å². The highest BCUT2D eigenvalue weighted by atomic mass is 35.5. The number of anilines is 1. The SMILES string of the molecule is O=S(=O)(C1CCNCC1)n1ccc2c3nc(Cl)nc(N4CCOCC4)c3ccc21. The molecule has 5 rings (SSSR count). The van der Waals surface area contributed by atoms with Crippen LogP contribution in [0.4, 0.5) is 5.82 Å². The maximum absolute atomic E-state index is 13.2. The van der Waals surface area contributed by atoms with Crippen molar-refractivity contribution in [3.8, 4) is 0 Å². The quantitative estimate of drug-likeness (QED) is 0.629. The van der Waals surface area contributed by atoms with E-state index in [1.807, 2.05) is 18.2 Å². The lowest BCUT2D eigenvalue weighted by Crippen LogP contribution is -2.38. The number of hydrogen-bond donors (Lipinski definition) is 1. The van der Waals surface area contributed by atoms with Crippen molar-refractivity contribution in [3.05, 3.63) is 29.7 Å². The molecule has 10 heteroatoms. The van der Waals surface area contributed by atoms with Gasteiger partial charge in [0.2, 0.25) is 15.3 Å². The third-order valence-corrected chi connectivity index (χ3v) is 8.09. The van der Waals surface area contributed by atoms with E-state index in [1.165, 1.54) is 3.97 Å². The Labute approximate surface area is 173 Å². The number of halogens is 1. The third kappa shape index (κ3) is 3.26. The van der Waals surface area contributed by atoms with E-state index < -0.39 is 10.0 Å². The van der Waals surface area contributed by atoms with Gasteiger partial charge in [-0.25, -0.2) is 17.4 Å². The highest BCUT2D eigenvalue weighted by molar-refractivity contribution is 7.90. The molecular formula is C19H22ClN5O3S. The molecule has 1 N–H and O–H groups in total. The van der Waals surface area contributed by atoms with Gasteiger partial charge in [-0.3, -0.25) is 0 Å². The number of nitrogens with one attached hydrogen (secondary N) is 1. The number of ether oxygens (including phenoxy) is 1. The normalized spacial score (nSPS) is 19.3. The molecule has 3 aromatic rings. The van der Waals surface area contributed by atoms with Crippen molar-refractivity contribution in [1.82, 2.24) is 19.3 Å². The second-order valence-electron chi connectivity index (χ2n) is 7.42. The average molecular weight is 436 g/mol. The number of hydrogen-bond acceptors (Lipinski definition) is 7. The lowest BCUT2D eigenvalue weighted by Gasteiger charge is -2.28. The van der Waals surface area contributed by atoms with Crippen molar-refractivity contribution < 1.29 is 13.2 Å². The lowest BCUT2D eigenvalue weighted by atomic mass is 10.1. The molecule has 0 radical (unpaired) electrons. The molecule has 8 nitrogen and oxygen atoms in total. The van der Waals surface area contributed by atoms with Crippen LogP contribution in [0.5, 0.6) is 0 Å². The van der Waals surface area contributed by atoms with Gasteiger partial charge in [-0.2, -0.15) is 4.98 Å². The average Bonchev–Trinajstić information content (AvgIpc) is 3.20. The van der Waals surface area contributed by atoms with Gasteiger partial charge < -0.3 is 15.0 Å². The first kappa shape index (κ1) is 19.0. The largest absolute Gasteiger partial charge is 0.378 e. The molecule has 2 saturated heterocycles. The maximum atomic E-state index is 13.2. The Balaban J connectivity index is 1.66. The first-order chi connectivity index (χ1) is 14.1. The molecule has 0 saturated carbocycles. The molecule has 29 heavy (non-hydrogen) atoms. The van der Waals surface area contributed by atoms with E-state index >= 15 is 0 Å². The van der Waals surface area contributed by atoms with E-state index in [1.54, 1.807) is 6.20 Å². The predicted molar refractivity (Wildman–Crippen MR) is 113 cm³/mol. The van der Waals surface area contributed by atoms with Gasteiger partial charge >= 0.3 is 0 Å². The van der Waals surface area contributed by atoms with Crippen LogP contribution in [0.1, 0.15) is 12.8 Å². The van der Waals surface area contributed by atoms with Crippen LogP contribution in [0.25, 0.3) is 21.8 Å². The van der Waals surface area contributed by atoms with Crippen molar-refractivity contribution in [1.29, 1.82) is 0 Å². The zero-order valence-corrected chi connectivity index (χ0v) is 17.4. The number of fused-ring (bicyclic) bond motifs is 3. The Kier molecular flexibility index (Phi) is 4.85. The van der Waals surface area contributed by atoms with E-state index in [0.717, 1.165) is 42.8 Å². The van der Waals surface area contributed by atoms with E-state index in [2.05, 4.69) is 20.2 Å². The van der Waals surface area contributed by atoms with Crippen LogP contribution in [0.15, 0.2) is 24.4 Å². The number of piperidine rings is 1. The Morgan fingerprint density at radius 1 is 1.07 bits per heavy atom. The second kappa shape index (κ2) is 7.39. The van der Waals surface area contributed by atoms with Crippen LogP contribution in [0.3, 0.4) is 0 Å². The molecule has 2 fully saturated rings. The van der Waals surface area contributed by atoms with Crippen molar-refractivity contribution in [3.63, 3.8) is 0 Å². The monoisotopic (exact) mass is 435 g/mol. The molecule has 0 spiro atoms. The van der Waals surface area contributed by atoms with E-state index in [4.69, 9.17) is 16.3 Å². The molecule has 4 heterocycles. The summed E-state index contributed by atoms with van der Waals surface area (Å²) in [6.45, 7) is 4.17. The summed E-state index contributed by atoms with van der Waals surface area (Å²) in [4.78, 5) is 11.0. The third-order valence-electron chi connectivity index (χ3n) is 5.74. The standard InChI is InChI=1S/C19H22ClN5O3S/c20-19-22-17-14-5-8-25(29(26,27)13-3-6-21-7-4-13)16(14)2-1-15(17)18(23-19)24-9-11-28-12-10-24/h1-2,5,8,13,21H,3-4,6-7,9-12H2. The summed E-state index contributed by atoms with van der Waals surface area (Å²) in [5, 5.41) is 4.61. The fourth-order valence-electron chi connectivity index (χ4n) is 4.23. The number of morpholine rings is 1. The highest BCUT2D eigenvalue weighted by Crippen LogP contribution is 2.33. The van der Waals surface area contributed by atoms with E-state index in [-0.39, 0.29) is 10.5 Å². The maximum Gasteiger partial charge on any atom is 0.241 e. The number of aromatic nitrogens is 3. The zero-order valence-electron chi connectivity index (χ0n) is 15.8. The molecule has 0 amide bonds. The Bertz CT molecular complexity index is 1170. The van der Waals surface area contributed by atoms with Crippen LogP contribution in [-0.2, 0) is 14.8 Å². The van der Waals surface area contributed by atoms with E-state index in [0.29, 0.717) is 37.1 Å². The molecule has 0 atom stereocenters. The van der Waals surface area contributed by atoms with Gasteiger partial charge in [0.25, 0.3) is 0 Å². The fourth-order valence-corrected chi connectivity index (χ4v) is 6.22. The predicted octanol–water partition coefficient (Wildman–Crippen LogP) is 2.00. The van der Waals surface area contributed by atoms with Crippen LogP contribution in [0.2, 0.25) is 5.28 Å². The molecule has 2 aromatic heterocycles. The van der Waals surface area contributed by atoms with Crippen molar-refractivity contribution in [2.45, 2.75) is 18.1 Å². The van der Waals surface area contributed by atoms with Gasteiger partial charge in [0.05, 0.1) is 29.5 Å². The van der Waals surface area contributed by atoms with Crippen molar-refractivity contribution >= 4 is 49.2 Å². The molecule has 1 aromatic carbocycles. The molecule has 2 aliphatic rings. The molecule has 0 unspecified atom stereocenters. The van der Waals surface area contributed by atoms with Gasteiger partial charge in [-0.05, 0) is 55.7 Å². The minimum Gasteiger partial charge on any atom is -0.378 e. The second-order valence-corrected chi connectivity index (χ2v) is 9.84. The topological polar surface area (TPSA) is 89.3 Å². The molecule has 2 aliphatic heterocycles. The Morgan fingerprint density at radius 3 is 2.59 bits per heavy atom. The Morgan fingerprint density at radius 2 is 1.83 bits per heavy atom. The fraction of sp³-hybridized carbons (Fsp3) is 0.474. The summed E-state index contributed by atoms with van der Waals surface area (Å²) >= 11 is 6.25. The van der Waals surface area contributed by atoms with Crippen LogP contribution in [0, 0.1) is 0 Å². The first-order valence-electron chi connectivity index (χ1n) is 9.81. The first-order valence-corrected chi connectivity index (χ1v) is 11.7. The molecule has 0 bridgehead atoms. The van der Waals surface area contributed by atoms with Gasteiger partial charge in [-0.1, -0.05) is 0 Å². The summed E-state index contributed by atoms with van der Waals surface area (Å²) in [5.41, 5.74) is 1.29. The van der Waals surface area contributed by atoms with Gasteiger partial charge in [-0.15, -0.1) is 0 Å². The number of benzene rings is 1. The summed E-state index contributed by atoms with van der Waals surface area (Å²) in [7, 11) is -3.48. The molecule has 0 aliphatic carbocycles. The molecule has 154 valence electrons.